The number of nitrogens with zero attached hydrogens (tertiary/aromatic N) is 4. The molecule has 0 unspecified atom stereocenters. The van der Waals surface area contributed by atoms with Crippen molar-refractivity contribution < 1.29 is 9.47 Å². The molecule has 0 bridgehead atoms. The molecule has 6 heteroatoms. The van der Waals surface area contributed by atoms with Gasteiger partial charge >= 0.3 is 11.4 Å². The SMILES string of the molecule is N#[N+]c1ccc(OCCCCCCCCCOc2ccc([N+]#N)cc2)cc1. The van der Waals surface area contributed by atoms with E-state index in [1.807, 2.05) is 24.3 Å². The van der Waals surface area contributed by atoms with E-state index in [2.05, 4.69) is 9.95 Å². The van der Waals surface area contributed by atoms with Gasteiger partial charge in [0.25, 0.3) is 0 Å². The molecular weight excluding hydrogens is 340 g/mol. The fourth-order valence-electron chi connectivity index (χ4n) is 2.69. The van der Waals surface area contributed by atoms with Crippen LogP contribution in [0.2, 0.25) is 0 Å². The monoisotopic (exact) mass is 366 g/mol. The summed E-state index contributed by atoms with van der Waals surface area (Å²) in [7, 11) is 0. The van der Waals surface area contributed by atoms with Crippen molar-refractivity contribution in [2.75, 3.05) is 13.2 Å². The summed E-state index contributed by atoms with van der Waals surface area (Å²) in [4.78, 5) is 6.23. The first-order valence-corrected chi connectivity index (χ1v) is 9.48. The number of unbranched alkanes of at least 4 members (excludes halogenated alkanes) is 6. The minimum Gasteiger partial charge on any atom is -0.494 e. The van der Waals surface area contributed by atoms with Gasteiger partial charge in [0.1, 0.15) is 11.5 Å². The van der Waals surface area contributed by atoms with Crippen molar-refractivity contribution in [1.29, 1.82) is 10.8 Å². The minimum atomic E-state index is 0.531. The van der Waals surface area contributed by atoms with Crippen LogP contribution >= 0.6 is 0 Å². The molecule has 27 heavy (non-hydrogen) atoms. The summed E-state index contributed by atoms with van der Waals surface area (Å²) in [6, 6.07) is 14.1. The summed E-state index contributed by atoms with van der Waals surface area (Å²) in [5, 5.41) is 17.3. The Morgan fingerprint density at radius 3 is 1.19 bits per heavy atom. The van der Waals surface area contributed by atoms with Crippen LogP contribution in [0.1, 0.15) is 44.9 Å². The third-order valence-electron chi connectivity index (χ3n) is 4.23. The molecule has 2 aromatic carbocycles. The van der Waals surface area contributed by atoms with Crippen molar-refractivity contribution in [3.8, 4) is 11.5 Å². The fourth-order valence-corrected chi connectivity index (χ4v) is 2.69. The number of ether oxygens (including phenoxy) is 2. The molecule has 0 saturated heterocycles. The summed E-state index contributed by atoms with van der Waals surface area (Å²) in [6.07, 6.45) is 8.11. The van der Waals surface area contributed by atoms with Crippen molar-refractivity contribution in [1.82, 2.24) is 0 Å². The zero-order valence-corrected chi connectivity index (χ0v) is 15.6. The molecule has 0 N–H and O–H groups in total. The molecule has 0 amide bonds. The van der Waals surface area contributed by atoms with Crippen LogP contribution in [0.5, 0.6) is 11.5 Å². The van der Waals surface area contributed by atoms with E-state index in [4.69, 9.17) is 20.3 Å². The average Bonchev–Trinajstić information content (AvgIpc) is 2.73. The van der Waals surface area contributed by atoms with Crippen LogP contribution in [-0.2, 0) is 0 Å². The third-order valence-corrected chi connectivity index (χ3v) is 4.23. The molecule has 0 aliphatic carbocycles. The maximum atomic E-state index is 8.63. The highest BCUT2D eigenvalue weighted by Crippen LogP contribution is 2.19. The second kappa shape index (κ2) is 12.3. The summed E-state index contributed by atoms with van der Waals surface area (Å²) in [5.41, 5.74) is 1.06. The van der Waals surface area contributed by atoms with E-state index < -0.39 is 0 Å². The van der Waals surface area contributed by atoms with E-state index in [0.717, 1.165) is 24.3 Å². The Morgan fingerprint density at radius 1 is 0.519 bits per heavy atom. The smallest absolute Gasteiger partial charge is 0.385 e. The number of rotatable bonds is 12. The highest BCUT2D eigenvalue weighted by atomic mass is 16.5. The van der Waals surface area contributed by atoms with Gasteiger partial charge in [-0.2, -0.15) is 0 Å². The van der Waals surface area contributed by atoms with Gasteiger partial charge in [-0.1, -0.05) is 32.1 Å². The van der Waals surface area contributed by atoms with Gasteiger partial charge < -0.3 is 9.47 Å². The lowest BCUT2D eigenvalue weighted by molar-refractivity contribution is 0.300. The zero-order chi connectivity index (χ0) is 19.2. The van der Waals surface area contributed by atoms with Gasteiger partial charge in [-0.15, -0.1) is 0 Å². The molecule has 0 radical (unpaired) electrons. The quantitative estimate of drug-likeness (QED) is 0.304. The zero-order valence-electron chi connectivity index (χ0n) is 15.6. The van der Waals surface area contributed by atoms with Crippen molar-refractivity contribution in [3.63, 3.8) is 0 Å². The summed E-state index contributed by atoms with van der Waals surface area (Å²) in [6.45, 7) is 1.43. The van der Waals surface area contributed by atoms with E-state index in [0.29, 0.717) is 24.6 Å². The summed E-state index contributed by atoms with van der Waals surface area (Å²) in [5.74, 6) is 1.62. The minimum absolute atomic E-state index is 0.531. The maximum absolute atomic E-state index is 8.63. The van der Waals surface area contributed by atoms with Gasteiger partial charge in [0.2, 0.25) is 10.8 Å². The Bertz CT molecular complexity index is 680. The van der Waals surface area contributed by atoms with Gasteiger partial charge in [0, 0.05) is 24.3 Å². The predicted octanol–water partition coefficient (Wildman–Crippen LogP) is 6.84. The molecule has 2 rings (SSSR count). The van der Waals surface area contributed by atoms with E-state index >= 15 is 0 Å². The highest BCUT2D eigenvalue weighted by molar-refractivity contribution is 5.46. The van der Waals surface area contributed by atoms with Crippen LogP contribution in [0, 0.1) is 10.8 Å². The summed E-state index contributed by atoms with van der Waals surface area (Å²) >= 11 is 0. The first-order chi connectivity index (χ1) is 13.3. The van der Waals surface area contributed by atoms with Gasteiger partial charge in [-0.05, 0) is 37.1 Å². The lowest BCUT2D eigenvalue weighted by atomic mass is 10.1. The molecular formula is C21H26N4O2+2. The number of diazo groups is 2. The molecule has 140 valence electrons. The Labute approximate surface area is 160 Å². The second-order valence-electron chi connectivity index (χ2n) is 6.36. The van der Waals surface area contributed by atoms with Crippen LogP contribution in [0.15, 0.2) is 48.5 Å². The number of hydrogen-bond acceptors (Lipinski definition) is 4. The Morgan fingerprint density at radius 2 is 0.852 bits per heavy atom. The van der Waals surface area contributed by atoms with Gasteiger partial charge in [0.15, 0.2) is 9.95 Å². The average molecular weight is 366 g/mol. The largest absolute Gasteiger partial charge is 0.494 e. The second-order valence-corrected chi connectivity index (χ2v) is 6.36. The molecule has 0 heterocycles. The molecule has 0 aromatic heterocycles. The normalized spacial score (nSPS) is 10.0. The van der Waals surface area contributed by atoms with Crippen LogP contribution in [0.25, 0.3) is 9.95 Å². The fraction of sp³-hybridized carbons (Fsp3) is 0.429. The molecule has 2 aromatic rings. The topological polar surface area (TPSA) is 74.8 Å². The number of benzene rings is 2. The molecule has 0 aliphatic heterocycles. The lowest BCUT2D eigenvalue weighted by Crippen LogP contribution is -1.98. The van der Waals surface area contributed by atoms with E-state index in [1.54, 1.807) is 24.3 Å². The molecule has 0 atom stereocenters. The predicted molar refractivity (Wildman–Crippen MR) is 106 cm³/mol. The molecule has 0 spiro atoms. The first kappa shape index (κ1) is 20.2. The highest BCUT2D eigenvalue weighted by Gasteiger charge is 2.04. The van der Waals surface area contributed by atoms with Crippen molar-refractivity contribution >= 4 is 11.4 Å². The van der Waals surface area contributed by atoms with Crippen molar-refractivity contribution in [3.05, 3.63) is 58.5 Å². The summed E-state index contributed by atoms with van der Waals surface area (Å²) < 4.78 is 11.3. The standard InChI is InChI=1S/C21H26N4O2/c22-24-18-8-12-20(13-9-18)26-16-6-4-2-1-3-5-7-17-27-21-14-10-19(25-23)11-15-21/h8-15H,1-7,16-17H2/q+2. The van der Waals surface area contributed by atoms with Crippen LogP contribution in [0.4, 0.5) is 11.4 Å². The Hall–Kier alpha value is -3.12. The van der Waals surface area contributed by atoms with Crippen LogP contribution in [0.3, 0.4) is 0 Å². The van der Waals surface area contributed by atoms with E-state index in [9.17, 15) is 0 Å². The van der Waals surface area contributed by atoms with Gasteiger partial charge in [-0.25, -0.2) is 0 Å². The van der Waals surface area contributed by atoms with Gasteiger partial charge in [-0.3, -0.25) is 0 Å². The first-order valence-electron chi connectivity index (χ1n) is 9.48. The van der Waals surface area contributed by atoms with Gasteiger partial charge in [0.05, 0.1) is 13.2 Å². The number of hydrogen-bond donors (Lipinski definition) is 0. The molecule has 0 fully saturated rings. The van der Waals surface area contributed by atoms with Crippen molar-refractivity contribution in [2.24, 2.45) is 0 Å². The van der Waals surface area contributed by atoms with Crippen LogP contribution < -0.4 is 9.47 Å². The Kier molecular flexibility index (Phi) is 9.18. The van der Waals surface area contributed by atoms with E-state index in [1.165, 1.54) is 32.1 Å². The third kappa shape index (κ3) is 8.20. The Balaban J connectivity index is 1.40. The maximum Gasteiger partial charge on any atom is 0.385 e. The molecule has 0 saturated carbocycles. The van der Waals surface area contributed by atoms with Crippen molar-refractivity contribution in [2.45, 2.75) is 44.9 Å². The molecule has 0 aliphatic rings. The van der Waals surface area contributed by atoms with E-state index in [-0.39, 0.29) is 0 Å². The van der Waals surface area contributed by atoms with Crippen LogP contribution in [-0.4, -0.2) is 13.2 Å². The molecule has 6 nitrogen and oxygen atoms in total. The lowest BCUT2D eigenvalue weighted by Gasteiger charge is -2.06.